The summed E-state index contributed by atoms with van der Waals surface area (Å²) in [7, 11) is 0. The average molecular weight is 445 g/mol. The van der Waals surface area contributed by atoms with Crippen LogP contribution in [0.2, 0.25) is 0 Å². The molecule has 4 rings (SSSR count). The summed E-state index contributed by atoms with van der Waals surface area (Å²) in [5.41, 5.74) is 4.03. The molecule has 0 aliphatic carbocycles. The van der Waals surface area contributed by atoms with E-state index in [0.29, 0.717) is 5.69 Å². The van der Waals surface area contributed by atoms with Gasteiger partial charge in [0.25, 0.3) is 11.1 Å². The Morgan fingerprint density at radius 3 is 2.27 bits per heavy atom. The fourth-order valence-corrected chi connectivity index (χ4v) is 4.63. The summed E-state index contributed by atoms with van der Waals surface area (Å²) >= 11 is 0. The first-order valence-electron chi connectivity index (χ1n) is 11.6. The van der Waals surface area contributed by atoms with Gasteiger partial charge in [-0.3, -0.25) is 14.6 Å². The van der Waals surface area contributed by atoms with Crippen LogP contribution in [0.4, 0.5) is 5.69 Å². The maximum atomic E-state index is 12.8. The molecule has 2 N–H and O–H groups in total. The van der Waals surface area contributed by atoms with Gasteiger partial charge >= 0.3 is 0 Å². The van der Waals surface area contributed by atoms with Gasteiger partial charge in [0.2, 0.25) is 0 Å². The highest BCUT2D eigenvalue weighted by atomic mass is 16.1. The van der Waals surface area contributed by atoms with Gasteiger partial charge in [-0.25, -0.2) is 0 Å². The molecule has 1 aliphatic heterocycles. The van der Waals surface area contributed by atoms with Crippen LogP contribution < -0.4 is 26.7 Å². The molecule has 6 nitrogen and oxygen atoms in total. The summed E-state index contributed by atoms with van der Waals surface area (Å²) in [5.74, 6) is 0. The molecule has 0 spiro atoms. The van der Waals surface area contributed by atoms with Gasteiger partial charge in [-0.1, -0.05) is 32.9 Å². The van der Waals surface area contributed by atoms with Crippen LogP contribution in [0.15, 0.2) is 46.1 Å². The third-order valence-electron chi connectivity index (χ3n) is 6.11. The number of anilines is 1. The van der Waals surface area contributed by atoms with Gasteiger partial charge in [-0.05, 0) is 78.6 Å². The second-order valence-electron chi connectivity index (χ2n) is 9.81. The fourth-order valence-electron chi connectivity index (χ4n) is 4.63. The number of nitrogens with zero attached hydrogens (tertiary/aromatic N) is 2. The maximum absolute atomic E-state index is 12.8. The van der Waals surface area contributed by atoms with Gasteiger partial charge in [0, 0.05) is 25.0 Å². The minimum atomic E-state index is -0.351. The van der Waals surface area contributed by atoms with E-state index in [4.69, 9.17) is 0 Å². The van der Waals surface area contributed by atoms with Crippen LogP contribution in [-0.4, -0.2) is 28.0 Å². The van der Waals surface area contributed by atoms with E-state index in [0.717, 1.165) is 35.5 Å². The molecule has 0 atom stereocenters. The average Bonchev–Trinajstić information content (AvgIpc) is 2.77. The van der Waals surface area contributed by atoms with Gasteiger partial charge in [-0.2, -0.15) is 0 Å². The highest BCUT2D eigenvalue weighted by Gasteiger charge is 2.20. The first-order valence-corrected chi connectivity index (χ1v) is 11.6. The minimum Gasteiger partial charge on any atom is -0.372 e. The Balaban J connectivity index is 1.76. The van der Waals surface area contributed by atoms with Crippen LogP contribution >= 0.6 is 0 Å². The predicted octanol–water partition coefficient (Wildman–Crippen LogP) is 2.71. The first-order chi connectivity index (χ1) is 15.7. The van der Waals surface area contributed by atoms with Crippen molar-refractivity contribution in [1.29, 1.82) is 0 Å². The zero-order chi connectivity index (χ0) is 23.6. The Hall–Kier alpha value is -3.41. The van der Waals surface area contributed by atoms with E-state index in [1.54, 1.807) is 18.3 Å². The summed E-state index contributed by atoms with van der Waals surface area (Å²) in [6.07, 6.45) is 8.78. The largest absolute Gasteiger partial charge is 0.372 e. The molecule has 172 valence electrons. The number of H-pyrrole nitrogens is 2. The van der Waals surface area contributed by atoms with E-state index >= 15 is 0 Å². The van der Waals surface area contributed by atoms with E-state index < -0.39 is 0 Å². The van der Waals surface area contributed by atoms with Gasteiger partial charge < -0.3 is 14.9 Å². The van der Waals surface area contributed by atoms with Crippen LogP contribution in [-0.2, 0) is 5.41 Å². The molecule has 3 aromatic rings. The number of hydrogen-bond donors (Lipinski definition) is 2. The Kier molecular flexibility index (Phi) is 6.36. The number of benzene rings is 1. The summed E-state index contributed by atoms with van der Waals surface area (Å²) in [6, 6.07) is 10.0. The smallest absolute Gasteiger partial charge is 0.272 e. The van der Waals surface area contributed by atoms with Crippen molar-refractivity contribution in [1.82, 2.24) is 15.0 Å². The Bertz CT molecular complexity index is 1390. The summed E-state index contributed by atoms with van der Waals surface area (Å²) in [5, 5.41) is 0.434. The molecule has 0 unspecified atom stereocenters. The second kappa shape index (κ2) is 9.22. The van der Waals surface area contributed by atoms with Gasteiger partial charge in [0.1, 0.15) is 10.7 Å². The normalized spacial score (nSPS) is 15.8. The molecule has 0 radical (unpaired) electrons. The molecular formula is C27H32N4O2. The standard InChI is InChI=1S/C27H32N4O2/c1-18-11-12-28-21(24(18)27(2,3)4)17-23-26(33)29-22(25(32)30-23)16-19-9-8-10-20(15-19)31-13-6-5-7-14-31/h8-12,15-17H,5-7,13-14H2,1-4H3,(H,29,33)(H,30,32). The van der Waals surface area contributed by atoms with Crippen molar-refractivity contribution < 1.29 is 0 Å². The van der Waals surface area contributed by atoms with Crippen LogP contribution in [0.3, 0.4) is 0 Å². The SMILES string of the molecule is Cc1ccnc(C=c2[nH]c(=O)c(=Cc3cccc(N4CCCCC4)c3)[nH]c2=O)c1C(C)(C)C. The van der Waals surface area contributed by atoms with E-state index in [1.807, 2.05) is 25.1 Å². The Morgan fingerprint density at radius 2 is 1.61 bits per heavy atom. The second-order valence-corrected chi connectivity index (χ2v) is 9.81. The first kappa shape index (κ1) is 22.8. The lowest BCUT2D eigenvalue weighted by atomic mass is 9.83. The number of hydrogen-bond acceptors (Lipinski definition) is 4. The lowest BCUT2D eigenvalue weighted by molar-refractivity contribution is 0.578. The van der Waals surface area contributed by atoms with Crippen molar-refractivity contribution in [3.63, 3.8) is 0 Å². The number of nitrogens with one attached hydrogen (secondary N) is 2. The third-order valence-corrected chi connectivity index (χ3v) is 6.11. The molecule has 1 fully saturated rings. The molecule has 1 aliphatic rings. The molecule has 0 bridgehead atoms. The summed E-state index contributed by atoms with van der Waals surface area (Å²) in [6.45, 7) is 10.5. The molecular weight excluding hydrogens is 412 g/mol. The van der Waals surface area contributed by atoms with E-state index in [9.17, 15) is 9.59 Å². The fraction of sp³-hybridized carbons (Fsp3) is 0.370. The maximum Gasteiger partial charge on any atom is 0.272 e. The molecule has 2 aromatic heterocycles. The summed E-state index contributed by atoms with van der Waals surface area (Å²) in [4.78, 5) is 38.0. The molecule has 3 heterocycles. The quantitative estimate of drug-likeness (QED) is 0.651. The Morgan fingerprint density at radius 1 is 0.939 bits per heavy atom. The van der Waals surface area contributed by atoms with Crippen LogP contribution in [0.25, 0.3) is 12.2 Å². The van der Waals surface area contributed by atoms with E-state index in [2.05, 4.69) is 52.8 Å². The van der Waals surface area contributed by atoms with Crippen molar-refractivity contribution in [3.05, 3.63) is 90.3 Å². The van der Waals surface area contributed by atoms with Crippen LogP contribution in [0, 0.1) is 6.92 Å². The number of aromatic amines is 2. The van der Waals surface area contributed by atoms with Crippen LogP contribution in [0.1, 0.15) is 62.4 Å². The number of aromatic nitrogens is 3. The number of pyridine rings is 1. The van der Waals surface area contributed by atoms with Gasteiger partial charge in [0.15, 0.2) is 0 Å². The highest BCUT2D eigenvalue weighted by Crippen LogP contribution is 2.28. The molecule has 1 aromatic carbocycles. The number of rotatable bonds is 3. The van der Waals surface area contributed by atoms with Crippen molar-refractivity contribution in [3.8, 4) is 0 Å². The lowest BCUT2D eigenvalue weighted by Gasteiger charge is -2.29. The van der Waals surface area contributed by atoms with Crippen molar-refractivity contribution in [2.45, 2.75) is 52.4 Å². The summed E-state index contributed by atoms with van der Waals surface area (Å²) < 4.78 is 0. The lowest BCUT2D eigenvalue weighted by Crippen LogP contribution is -2.46. The van der Waals surface area contributed by atoms with Crippen LogP contribution in [0.5, 0.6) is 0 Å². The Labute approximate surface area is 193 Å². The topological polar surface area (TPSA) is 81.8 Å². The molecule has 0 amide bonds. The highest BCUT2D eigenvalue weighted by molar-refractivity contribution is 5.58. The van der Waals surface area contributed by atoms with Crippen molar-refractivity contribution in [2.24, 2.45) is 0 Å². The zero-order valence-corrected chi connectivity index (χ0v) is 19.9. The van der Waals surface area contributed by atoms with Crippen molar-refractivity contribution >= 4 is 17.8 Å². The molecule has 33 heavy (non-hydrogen) atoms. The molecule has 6 heteroatoms. The number of piperidine rings is 1. The minimum absolute atomic E-state index is 0.148. The zero-order valence-electron chi connectivity index (χ0n) is 19.9. The number of aryl methyl sites for hydroxylation is 1. The predicted molar refractivity (Wildman–Crippen MR) is 134 cm³/mol. The van der Waals surface area contributed by atoms with Gasteiger partial charge in [0.05, 0.1) is 5.69 Å². The molecule has 1 saturated heterocycles. The monoisotopic (exact) mass is 444 g/mol. The molecule has 0 saturated carbocycles. The van der Waals surface area contributed by atoms with E-state index in [-0.39, 0.29) is 27.2 Å². The van der Waals surface area contributed by atoms with Gasteiger partial charge in [-0.15, -0.1) is 0 Å². The van der Waals surface area contributed by atoms with E-state index in [1.165, 1.54) is 19.3 Å². The third kappa shape index (κ3) is 5.16. The van der Waals surface area contributed by atoms with Crippen molar-refractivity contribution in [2.75, 3.05) is 18.0 Å².